The van der Waals surface area contributed by atoms with E-state index in [0.29, 0.717) is 12.2 Å². The number of rotatable bonds is 6. The molecule has 0 radical (unpaired) electrons. The van der Waals surface area contributed by atoms with Gasteiger partial charge in [-0.3, -0.25) is 4.79 Å². The van der Waals surface area contributed by atoms with Gasteiger partial charge in [-0.05, 0) is 51.3 Å². The van der Waals surface area contributed by atoms with E-state index in [9.17, 15) is 14.4 Å². The predicted octanol–water partition coefficient (Wildman–Crippen LogP) is 3.17. The van der Waals surface area contributed by atoms with Crippen LogP contribution in [0.15, 0.2) is 24.3 Å². The van der Waals surface area contributed by atoms with Crippen LogP contribution in [0.5, 0.6) is 0 Å². The molecule has 0 aromatic heterocycles. The molecule has 1 rings (SSSR count). The molecule has 1 atom stereocenters. The highest BCUT2D eigenvalue weighted by molar-refractivity contribution is 7.98. The van der Waals surface area contributed by atoms with E-state index in [0.717, 1.165) is 0 Å². The number of thioether (sulfide) groups is 1. The molecule has 0 aliphatic heterocycles. The Kier molecular flexibility index (Phi) is 8.74. The third-order valence-electron chi connectivity index (χ3n) is 2.95. The van der Waals surface area contributed by atoms with Crippen LogP contribution in [0, 0.1) is 0 Å². The van der Waals surface area contributed by atoms with Crippen LogP contribution >= 0.6 is 23.4 Å². The molecular weight excluding hydrogens is 380 g/mol. The van der Waals surface area contributed by atoms with Crippen molar-refractivity contribution in [1.29, 1.82) is 0 Å². The standard InChI is InChI=1S/C17H23ClN2O5S/c1-17(2,3)24-16(23)19-13(9-10-26-4)15(22)25-20-14(21)11-7-5-6-8-12(11)18/h5-8,13H,9-10H2,1-4H3,(H,19,23)(H,20,21)/t13-/m0/s1. The molecule has 9 heteroatoms. The van der Waals surface area contributed by atoms with Crippen molar-refractivity contribution < 1.29 is 24.0 Å². The number of carbonyl (C=O) groups is 3. The maximum absolute atomic E-state index is 12.2. The molecule has 2 amide bonds. The molecule has 144 valence electrons. The number of alkyl carbamates (subject to hydrolysis) is 1. The molecule has 0 unspecified atom stereocenters. The average molecular weight is 403 g/mol. The van der Waals surface area contributed by atoms with Crippen LogP contribution in [0.4, 0.5) is 4.79 Å². The van der Waals surface area contributed by atoms with E-state index in [1.165, 1.54) is 17.8 Å². The van der Waals surface area contributed by atoms with Gasteiger partial charge in [-0.1, -0.05) is 23.7 Å². The topological polar surface area (TPSA) is 93.7 Å². The number of hydroxylamine groups is 1. The first-order valence-electron chi connectivity index (χ1n) is 7.88. The van der Waals surface area contributed by atoms with Crippen LogP contribution in [-0.4, -0.2) is 41.6 Å². The third kappa shape index (κ3) is 7.97. The number of hydrogen-bond acceptors (Lipinski definition) is 6. The number of amides is 2. The van der Waals surface area contributed by atoms with E-state index in [-0.39, 0.29) is 10.6 Å². The fraction of sp³-hybridized carbons (Fsp3) is 0.471. The van der Waals surface area contributed by atoms with Crippen LogP contribution in [-0.2, 0) is 14.4 Å². The minimum absolute atomic E-state index is 0.169. The molecule has 1 aromatic rings. The molecule has 0 bridgehead atoms. The summed E-state index contributed by atoms with van der Waals surface area (Å²) in [6.07, 6.45) is 1.45. The second-order valence-electron chi connectivity index (χ2n) is 6.31. The first-order chi connectivity index (χ1) is 12.1. The van der Waals surface area contributed by atoms with Crippen molar-refractivity contribution in [3.63, 3.8) is 0 Å². The van der Waals surface area contributed by atoms with Crippen molar-refractivity contribution >= 4 is 41.3 Å². The van der Waals surface area contributed by atoms with Gasteiger partial charge in [0.1, 0.15) is 11.6 Å². The molecule has 0 saturated carbocycles. The lowest BCUT2D eigenvalue weighted by Crippen LogP contribution is -2.46. The normalized spacial score (nSPS) is 12.0. The summed E-state index contributed by atoms with van der Waals surface area (Å²) in [6, 6.07) is 5.39. The van der Waals surface area contributed by atoms with Crippen molar-refractivity contribution in [3.05, 3.63) is 34.9 Å². The minimum atomic E-state index is -0.955. The number of nitrogens with one attached hydrogen (secondary N) is 2. The van der Waals surface area contributed by atoms with E-state index in [2.05, 4.69) is 5.32 Å². The number of benzene rings is 1. The molecule has 2 N–H and O–H groups in total. The molecule has 1 aromatic carbocycles. The van der Waals surface area contributed by atoms with Gasteiger partial charge in [0.25, 0.3) is 5.91 Å². The van der Waals surface area contributed by atoms with E-state index in [1.807, 2.05) is 11.7 Å². The lowest BCUT2D eigenvalue weighted by Gasteiger charge is -2.22. The first kappa shape index (κ1) is 22.1. The summed E-state index contributed by atoms with van der Waals surface area (Å²) < 4.78 is 5.14. The first-order valence-corrected chi connectivity index (χ1v) is 9.65. The zero-order valence-corrected chi connectivity index (χ0v) is 16.7. The van der Waals surface area contributed by atoms with Crippen LogP contribution < -0.4 is 10.8 Å². The smallest absolute Gasteiger partial charge is 0.408 e. The molecule has 0 aliphatic carbocycles. The Hall–Kier alpha value is -1.93. The maximum atomic E-state index is 12.2. The summed E-state index contributed by atoms with van der Waals surface area (Å²) in [5, 5.41) is 2.69. The fourth-order valence-electron chi connectivity index (χ4n) is 1.80. The lowest BCUT2D eigenvalue weighted by molar-refractivity contribution is -0.151. The number of halogens is 1. The van der Waals surface area contributed by atoms with E-state index in [1.54, 1.807) is 39.0 Å². The molecular formula is C17H23ClN2O5S. The van der Waals surface area contributed by atoms with Crippen molar-refractivity contribution in [3.8, 4) is 0 Å². The van der Waals surface area contributed by atoms with Crippen LogP contribution in [0.3, 0.4) is 0 Å². The zero-order chi connectivity index (χ0) is 19.7. The Morgan fingerprint density at radius 3 is 2.46 bits per heavy atom. The highest BCUT2D eigenvalue weighted by Gasteiger charge is 2.26. The van der Waals surface area contributed by atoms with Crippen molar-refractivity contribution in [2.45, 2.75) is 38.8 Å². The summed E-state index contributed by atoms with van der Waals surface area (Å²) in [4.78, 5) is 41.0. The SMILES string of the molecule is CSCC[C@H](NC(=O)OC(C)(C)C)C(=O)ONC(=O)c1ccccc1Cl. The molecule has 0 aliphatic rings. The van der Waals surface area contributed by atoms with E-state index in [4.69, 9.17) is 21.2 Å². The van der Waals surface area contributed by atoms with Crippen molar-refractivity contribution in [2.24, 2.45) is 0 Å². The molecule has 0 spiro atoms. The van der Waals surface area contributed by atoms with Crippen molar-refractivity contribution in [2.75, 3.05) is 12.0 Å². The summed E-state index contributed by atoms with van der Waals surface area (Å²) in [6.45, 7) is 5.14. The van der Waals surface area contributed by atoms with Gasteiger partial charge >= 0.3 is 12.1 Å². The molecule has 0 heterocycles. The largest absolute Gasteiger partial charge is 0.444 e. The Balaban J connectivity index is 2.66. The second-order valence-corrected chi connectivity index (χ2v) is 7.71. The molecule has 26 heavy (non-hydrogen) atoms. The zero-order valence-electron chi connectivity index (χ0n) is 15.1. The van der Waals surface area contributed by atoms with Gasteiger partial charge in [-0.2, -0.15) is 17.2 Å². The number of ether oxygens (including phenoxy) is 1. The highest BCUT2D eigenvalue weighted by Crippen LogP contribution is 2.14. The Labute approximate surface area is 162 Å². The van der Waals surface area contributed by atoms with E-state index >= 15 is 0 Å². The Morgan fingerprint density at radius 2 is 1.88 bits per heavy atom. The highest BCUT2D eigenvalue weighted by atomic mass is 35.5. The quantitative estimate of drug-likeness (QED) is 0.710. The summed E-state index contributed by atoms with van der Waals surface area (Å²) in [5.41, 5.74) is 1.52. The number of hydrogen-bond donors (Lipinski definition) is 2. The van der Waals surface area contributed by atoms with Gasteiger partial charge in [-0.25, -0.2) is 9.59 Å². The van der Waals surface area contributed by atoms with E-state index < -0.39 is 29.6 Å². The third-order valence-corrected chi connectivity index (χ3v) is 3.92. The summed E-state index contributed by atoms with van der Waals surface area (Å²) in [7, 11) is 0. The van der Waals surface area contributed by atoms with Gasteiger partial charge in [0.2, 0.25) is 0 Å². The maximum Gasteiger partial charge on any atom is 0.408 e. The Morgan fingerprint density at radius 1 is 1.23 bits per heavy atom. The van der Waals surface area contributed by atoms with Gasteiger partial charge in [0.05, 0.1) is 10.6 Å². The number of carbonyl (C=O) groups excluding carboxylic acids is 3. The summed E-state index contributed by atoms with van der Waals surface area (Å²) >= 11 is 7.42. The summed E-state index contributed by atoms with van der Waals surface area (Å²) in [5.74, 6) is -0.858. The molecule has 0 fully saturated rings. The van der Waals surface area contributed by atoms with Crippen molar-refractivity contribution in [1.82, 2.24) is 10.8 Å². The Bertz CT molecular complexity index is 648. The van der Waals surface area contributed by atoms with Crippen LogP contribution in [0.2, 0.25) is 5.02 Å². The van der Waals surface area contributed by atoms with Gasteiger partial charge in [0, 0.05) is 0 Å². The van der Waals surface area contributed by atoms with Crippen LogP contribution in [0.1, 0.15) is 37.6 Å². The predicted molar refractivity (Wildman–Crippen MR) is 101 cm³/mol. The average Bonchev–Trinajstić information content (AvgIpc) is 2.54. The lowest BCUT2D eigenvalue weighted by atomic mass is 10.2. The minimum Gasteiger partial charge on any atom is -0.444 e. The van der Waals surface area contributed by atoms with Gasteiger partial charge in [0.15, 0.2) is 0 Å². The van der Waals surface area contributed by atoms with Gasteiger partial charge < -0.3 is 14.9 Å². The second kappa shape index (κ2) is 10.3. The monoisotopic (exact) mass is 402 g/mol. The fourth-order valence-corrected chi connectivity index (χ4v) is 2.50. The molecule has 7 nitrogen and oxygen atoms in total. The van der Waals surface area contributed by atoms with Crippen LogP contribution in [0.25, 0.3) is 0 Å². The molecule has 0 saturated heterocycles. The van der Waals surface area contributed by atoms with Gasteiger partial charge in [-0.15, -0.1) is 0 Å².